The molecular formula is C15H13BrF2N2. The van der Waals surface area contributed by atoms with Crippen molar-refractivity contribution in [2.24, 2.45) is 0 Å². The lowest BCUT2D eigenvalue weighted by Crippen LogP contribution is -2.18. The first kappa shape index (κ1) is 13.5. The molecule has 2 nitrogen and oxygen atoms in total. The maximum Gasteiger partial charge on any atom is 0.144 e. The first-order valence-corrected chi connectivity index (χ1v) is 7.06. The van der Waals surface area contributed by atoms with E-state index in [0.717, 1.165) is 16.8 Å². The molecule has 2 aromatic carbocycles. The molecule has 0 atom stereocenters. The van der Waals surface area contributed by atoms with Gasteiger partial charge >= 0.3 is 0 Å². The summed E-state index contributed by atoms with van der Waals surface area (Å²) in [5.41, 5.74) is 8.94. The molecule has 0 aliphatic carbocycles. The number of hydrogen-bond acceptors (Lipinski definition) is 2. The van der Waals surface area contributed by atoms with Crippen LogP contribution >= 0.6 is 15.9 Å². The van der Waals surface area contributed by atoms with Gasteiger partial charge in [0.2, 0.25) is 0 Å². The minimum atomic E-state index is -0.533. The molecule has 2 aromatic rings. The van der Waals surface area contributed by atoms with E-state index in [1.807, 2.05) is 23.1 Å². The number of halogens is 3. The highest BCUT2D eigenvalue weighted by atomic mass is 79.9. The summed E-state index contributed by atoms with van der Waals surface area (Å²) < 4.78 is 28.0. The van der Waals surface area contributed by atoms with E-state index in [1.165, 1.54) is 12.1 Å². The molecule has 0 saturated carbocycles. The third-order valence-corrected chi connectivity index (χ3v) is 4.22. The summed E-state index contributed by atoms with van der Waals surface area (Å²) in [7, 11) is 0. The lowest BCUT2D eigenvalue weighted by Gasteiger charge is -2.16. The van der Waals surface area contributed by atoms with Gasteiger partial charge in [-0.15, -0.1) is 0 Å². The second-order valence-corrected chi connectivity index (χ2v) is 5.81. The van der Waals surface area contributed by atoms with Gasteiger partial charge in [0.25, 0.3) is 0 Å². The molecule has 20 heavy (non-hydrogen) atoms. The Bertz CT molecular complexity index is 673. The quantitative estimate of drug-likeness (QED) is 0.666. The highest BCUT2D eigenvalue weighted by Crippen LogP contribution is 2.30. The lowest BCUT2D eigenvalue weighted by molar-refractivity contribution is 0.266. The normalized spacial score (nSPS) is 14.6. The predicted molar refractivity (Wildman–Crippen MR) is 77.9 cm³/mol. The van der Waals surface area contributed by atoms with Crippen LogP contribution in [0.3, 0.4) is 0 Å². The molecule has 0 aromatic heterocycles. The Morgan fingerprint density at radius 2 is 1.95 bits per heavy atom. The van der Waals surface area contributed by atoms with Crippen LogP contribution < -0.4 is 5.73 Å². The summed E-state index contributed by atoms with van der Waals surface area (Å²) in [6.07, 6.45) is 0. The minimum absolute atomic E-state index is 0.0887. The van der Waals surface area contributed by atoms with Crippen molar-refractivity contribution in [3.05, 3.63) is 63.1 Å². The minimum Gasteiger partial charge on any atom is -0.398 e. The number of nitrogen functional groups attached to an aromatic ring is 1. The van der Waals surface area contributed by atoms with Crippen molar-refractivity contribution in [3.8, 4) is 0 Å². The van der Waals surface area contributed by atoms with Gasteiger partial charge in [-0.25, -0.2) is 8.78 Å². The average Bonchev–Trinajstić information content (AvgIpc) is 2.83. The number of hydrogen-bond donors (Lipinski definition) is 1. The molecule has 0 fully saturated rings. The van der Waals surface area contributed by atoms with Crippen LogP contribution in [0.5, 0.6) is 0 Å². The largest absolute Gasteiger partial charge is 0.398 e. The van der Waals surface area contributed by atoms with Crippen LogP contribution in [0.25, 0.3) is 0 Å². The Hall–Kier alpha value is -1.46. The van der Waals surface area contributed by atoms with Crippen LogP contribution in [0.4, 0.5) is 14.5 Å². The Morgan fingerprint density at radius 1 is 1.15 bits per heavy atom. The highest BCUT2D eigenvalue weighted by Gasteiger charge is 2.23. The molecule has 0 unspecified atom stereocenters. The van der Waals surface area contributed by atoms with E-state index in [1.54, 1.807) is 0 Å². The summed E-state index contributed by atoms with van der Waals surface area (Å²) in [6.45, 7) is 1.50. The fraction of sp³-hybridized carbons (Fsp3) is 0.200. The SMILES string of the molecule is Nc1cccc2c1CN(Cc1c(F)ccc(Br)c1F)C2. The van der Waals surface area contributed by atoms with Crippen molar-refractivity contribution >= 4 is 21.6 Å². The Morgan fingerprint density at radius 3 is 2.70 bits per heavy atom. The molecule has 0 spiro atoms. The van der Waals surface area contributed by atoms with E-state index in [0.29, 0.717) is 13.1 Å². The standard InChI is InChI=1S/C15H13BrF2N2/c16-12-4-5-13(17)11(15(12)18)8-20-6-9-2-1-3-14(19)10(9)7-20/h1-5H,6-8,19H2. The summed E-state index contributed by atoms with van der Waals surface area (Å²) in [5.74, 6) is -1.05. The number of rotatable bonds is 2. The molecular weight excluding hydrogens is 326 g/mol. The van der Waals surface area contributed by atoms with Crippen molar-refractivity contribution in [1.29, 1.82) is 0 Å². The molecule has 0 amide bonds. The van der Waals surface area contributed by atoms with Crippen molar-refractivity contribution in [3.63, 3.8) is 0 Å². The van der Waals surface area contributed by atoms with Crippen LogP contribution in [0, 0.1) is 11.6 Å². The average molecular weight is 339 g/mol. The fourth-order valence-corrected chi connectivity index (χ4v) is 2.94. The van der Waals surface area contributed by atoms with E-state index in [9.17, 15) is 8.78 Å². The monoisotopic (exact) mass is 338 g/mol. The van der Waals surface area contributed by atoms with Gasteiger partial charge in [0.1, 0.15) is 11.6 Å². The lowest BCUT2D eigenvalue weighted by atomic mass is 10.1. The zero-order valence-corrected chi connectivity index (χ0v) is 12.3. The molecule has 0 bridgehead atoms. The molecule has 2 N–H and O–H groups in total. The third-order valence-electron chi connectivity index (χ3n) is 3.61. The second-order valence-electron chi connectivity index (χ2n) is 4.95. The highest BCUT2D eigenvalue weighted by molar-refractivity contribution is 9.10. The Labute approximate surface area is 124 Å². The second kappa shape index (κ2) is 5.14. The van der Waals surface area contributed by atoms with Gasteiger partial charge in [0.15, 0.2) is 0 Å². The fourth-order valence-electron chi connectivity index (χ4n) is 2.57. The van der Waals surface area contributed by atoms with E-state index in [4.69, 9.17) is 5.73 Å². The van der Waals surface area contributed by atoms with E-state index in [-0.39, 0.29) is 16.6 Å². The third kappa shape index (κ3) is 2.31. The van der Waals surface area contributed by atoms with Gasteiger partial charge in [0, 0.05) is 30.9 Å². The molecule has 104 valence electrons. The van der Waals surface area contributed by atoms with Crippen molar-refractivity contribution in [1.82, 2.24) is 4.90 Å². The van der Waals surface area contributed by atoms with Gasteiger partial charge in [-0.3, -0.25) is 4.90 Å². The van der Waals surface area contributed by atoms with Gasteiger partial charge < -0.3 is 5.73 Å². The Balaban J connectivity index is 1.85. The smallest absolute Gasteiger partial charge is 0.144 e. The zero-order valence-electron chi connectivity index (χ0n) is 10.7. The van der Waals surface area contributed by atoms with E-state index >= 15 is 0 Å². The molecule has 3 rings (SSSR count). The van der Waals surface area contributed by atoms with E-state index in [2.05, 4.69) is 15.9 Å². The summed E-state index contributed by atoms with van der Waals surface area (Å²) >= 11 is 3.09. The van der Waals surface area contributed by atoms with Crippen LogP contribution in [0.15, 0.2) is 34.8 Å². The molecule has 1 aliphatic rings. The van der Waals surface area contributed by atoms with Crippen LogP contribution in [0.1, 0.15) is 16.7 Å². The summed E-state index contributed by atoms with van der Waals surface area (Å²) in [6, 6.07) is 8.41. The van der Waals surface area contributed by atoms with Gasteiger partial charge in [-0.05, 0) is 45.3 Å². The maximum absolute atomic E-state index is 14.0. The zero-order chi connectivity index (χ0) is 14.3. The first-order valence-electron chi connectivity index (χ1n) is 6.27. The first-order chi connectivity index (χ1) is 9.56. The van der Waals surface area contributed by atoms with Gasteiger partial charge in [0.05, 0.1) is 4.47 Å². The number of fused-ring (bicyclic) bond motifs is 1. The Kier molecular flexibility index (Phi) is 3.48. The number of nitrogens with two attached hydrogens (primary N) is 1. The van der Waals surface area contributed by atoms with Crippen molar-refractivity contribution in [2.75, 3.05) is 5.73 Å². The summed E-state index contributed by atoms with van der Waals surface area (Å²) in [5, 5.41) is 0. The van der Waals surface area contributed by atoms with Crippen LogP contribution in [-0.2, 0) is 19.6 Å². The molecule has 0 radical (unpaired) electrons. The van der Waals surface area contributed by atoms with Crippen LogP contribution in [0.2, 0.25) is 0 Å². The number of nitrogens with zero attached hydrogens (tertiary/aromatic N) is 1. The maximum atomic E-state index is 14.0. The molecule has 1 aliphatic heterocycles. The topological polar surface area (TPSA) is 29.3 Å². The summed E-state index contributed by atoms with van der Waals surface area (Å²) in [4.78, 5) is 1.98. The predicted octanol–water partition coefficient (Wildman–Crippen LogP) is 3.83. The van der Waals surface area contributed by atoms with E-state index < -0.39 is 11.6 Å². The number of benzene rings is 2. The van der Waals surface area contributed by atoms with Crippen molar-refractivity contribution < 1.29 is 8.78 Å². The van der Waals surface area contributed by atoms with Gasteiger partial charge in [-0.1, -0.05) is 12.1 Å². The van der Waals surface area contributed by atoms with Crippen LogP contribution in [-0.4, -0.2) is 4.90 Å². The number of anilines is 1. The molecule has 1 heterocycles. The van der Waals surface area contributed by atoms with Gasteiger partial charge in [-0.2, -0.15) is 0 Å². The van der Waals surface area contributed by atoms with Crippen molar-refractivity contribution in [2.45, 2.75) is 19.6 Å². The molecule has 5 heteroatoms. The molecule has 0 saturated heterocycles.